The van der Waals surface area contributed by atoms with Gasteiger partial charge >= 0.3 is 0 Å². The zero-order valence-corrected chi connectivity index (χ0v) is 6.87. The molecule has 3 heteroatoms. The highest BCUT2D eigenvalue weighted by Gasteiger charge is 2.01. The lowest BCUT2D eigenvalue weighted by atomic mass is 10.1. The van der Waals surface area contributed by atoms with Crippen molar-refractivity contribution in [2.45, 2.75) is 0 Å². The standard InChI is InChI=1S/C9H11NO2/c1-6(12-2)7-3-4-8(10)9(11)5-7/h3-5,11H,1,10H2,2H3. The van der Waals surface area contributed by atoms with Crippen LogP contribution in [0.3, 0.4) is 0 Å². The Morgan fingerprint density at radius 1 is 1.58 bits per heavy atom. The smallest absolute Gasteiger partial charge is 0.139 e. The lowest BCUT2D eigenvalue weighted by molar-refractivity contribution is 0.371. The van der Waals surface area contributed by atoms with Crippen molar-refractivity contribution in [1.82, 2.24) is 0 Å². The Kier molecular flexibility index (Phi) is 2.24. The van der Waals surface area contributed by atoms with E-state index in [4.69, 9.17) is 10.5 Å². The number of methoxy groups -OCH3 is 1. The van der Waals surface area contributed by atoms with Crippen LogP contribution in [0, 0.1) is 0 Å². The molecule has 0 aliphatic heterocycles. The lowest BCUT2D eigenvalue weighted by Crippen LogP contribution is -1.89. The van der Waals surface area contributed by atoms with Crippen molar-refractivity contribution in [3.8, 4) is 5.75 Å². The zero-order valence-electron chi connectivity index (χ0n) is 6.87. The van der Waals surface area contributed by atoms with E-state index in [2.05, 4.69) is 6.58 Å². The fourth-order valence-corrected chi connectivity index (χ4v) is 0.835. The number of ether oxygens (including phenoxy) is 1. The van der Waals surface area contributed by atoms with Crippen LogP contribution in [0.2, 0.25) is 0 Å². The van der Waals surface area contributed by atoms with Gasteiger partial charge in [-0.3, -0.25) is 0 Å². The molecule has 64 valence electrons. The largest absolute Gasteiger partial charge is 0.506 e. The summed E-state index contributed by atoms with van der Waals surface area (Å²) >= 11 is 0. The normalized spacial score (nSPS) is 9.42. The van der Waals surface area contributed by atoms with Crippen molar-refractivity contribution in [2.24, 2.45) is 0 Å². The van der Waals surface area contributed by atoms with Gasteiger partial charge < -0.3 is 15.6 Å². The van der Waals surface area contributed by atoms with E-state index in [9.17, 15) is 5.11 Å². The van der Waals surface area contributed by atoms with Crippen LogP contribution in [0.15, 0.2) is 24.8 Å². The Hall–Kier alpha value is -1.64. The highest BCUT2D eigenvalue weighted by Crippen LogP contribution is 2.24. The van der Waals surface area contributed by atoms with Crippen LogP contribution in [0.5, 0.6) is 5.75 Å². The van der Waals surface area contributed by atoms with E-state index < -0.39 is 0 Å². The number of aromatic hydroxyl groups is 1. The highest BCUT2D eigenvalue weighted by atomic mass is 16.5. The van der Waals surface area contributed by atoms with Crippen molar-refractivity contribution in [3.63, 3.8) is 0 Å². The Labute approximate surface area is 71.1 Å². The molecule has 12 heavy (non-hydrogen) atoms. The third-order valence-corrected chi connectivity index (χ3v) is 1.60. The number of anilines is 1. The summed E-state index contributed by atoms with van der Waals surface area (Å²) in [5.41, 5.74) is 6.49. The molecule has 3 nitrogen and oxygen atoms in total. The molecule has 0 amide bonds. The molecule has 0 aromatic heterocycles. The maximum Gasteiger partial charge on any atom is 0.139 e. The SMILES string of the molecule is C=C(OC)c1ccc(N)c(O)c1. The summed E-state index contributed by atoms with van der Waals surface area (Å²) in [6.07, 6.45) is 0. The number of phenolic OH excluding ortho intramolecular Hbond substituents is 1. The van der Waals surface area contributed by atoms with Crippen LogP contribution in [0.4, 0.5) is 5.69 Å². The van der Waals surface area contributed by atoms with Gasteiger partial charge in [0.25, 0.3) is 0 Å². The topological polar surface area (TPSA) is 55.5 Å². The molecule has 0 radical (unpaired) electrons. The van der Waals surface area contributed by atoms with E-state index in [0.717, 1.165) is 5.56 Å². The van der Waals surface area contributed by atoms with Gasteiger partial charge in [0, 0.05) is 5.56 Å². The van der Waals surface area contributed by atoms with Gasteiger partial charge in [0.2, 0.25) is 0 Å². The zero-order chi connectivity index (χ0) is 9.14. The first-order chi connectivity index (χ1) is 5.65. The van der Waals surface area contributed by atoms with Gasteiger partial charge in [-0.05, 0) is 18.2 Å². The van der Waals surface area contributed by atoms with E-state index in [0.29, 0.717) is 11.4 Å². The number of nitrogen functional groups attached to an aromatic ring is 1. The van der Waals surface area contributed by atoms with Gasteiger partial charge in [-0.25, -0.2) is 0 Å². The van der Waals surface area contributed by atoms with Crippen molar-refractivity contribution < 1.29 is 9.84 Å². The summed E-state index contributed by atoms with van der Waals surface area (Å²) in [4.78, 5) is 0. The van der Waals surface area contributed by atoms with Gasteiger partial charge in [0.1, 0.15) is 11.5 Å². The predicted molar refractivity (Wildman–Crippen MR) is 48.6 cm³/mol. The Balaban J connectivity index is 3.05. The fraction of sp³-hybridized carbons (Fsp3) is 0.111. The number of nitrogens with two attached hydrogens (primary N) is 1. The molecule has 0 saturated heterocycles. The van der Waals surface area contributed by atoms with Crippen LogP contribution in [-0.4, -0.2) is 12.2 Å². The molecule has 0 fully saturated rings. The first kappa shape index (κ1) is 8.46. The van der Waals surface area contributed by atoms with Gasteiger partial charge in [0.05, 0.1) is 12.8 Å². The van der Waals surface area contributed by atoms with E-state index in [1.807, 2.05) is 0 Å². The number of hydrogen-bond acceptors (Lipinski definition) is 3. The minimum atomic E-state index is 0.0469. The molecule has 0 heterocycles. The highest BCUT2D eigenvalue weighted by molar-refractivity contribution is 5.64. The first-order valence-corrected chi connectivity index (χ1v) is 3.47. The third kappa shape index (κ3) is 1.50. The Morgan fingerprint density at radius 2 is 2.25 bits per heavy atom. The van der Waals surface area contributed by atoms with E-state index in [-0.39, 0.29) is 5.75 Å². The molecule has 0 unspecified atom stereocenters. The van der Waals surface area contributed by atoms with E-state index in [1.54, 1.807) is 12.1 Å². The quantitative estimate of drug-likeness (QED) is 0.397. The second kappa shape index (κ2) is 3.17. The van der Waals surface area contributed by atoms with Crippen LogP contribution in [-0.2, 0) is 4.74 Å². The first-order valence-electron chi connectivity index (χ1n) is 3.47. The summed E-state index contributed by atoms with van der Waals surface area (Å²) in [7, 11) is 1.52. The molecular weight excluding hydrogens is 154 g/mol. The Morgan fingerprint density at radius 3 is 2.75 bits per heavy atom. The molecule has 0 aliphatic rings. The van der Waals surface area contributed by atoms with Crippen LogP contribution >= 0.6 is 0 Å². The van der Waals surface area contributed by atoms with Crippen molar-refractivity contribution in [2.75, 3.05) is 12.8 Å². The number of rotatable bonds is 2. The second-order valence-corrected chi connectivity index (χ2v) is 2.40. The molecule has 1 rings (SSSR count). The van der Waals surface area contributed by atoms with Gasteiger partial charge in [0.15, 0.2) is 0 Å². The second-order valence-electron chi connectivity index (χ2n) is 2.40. The molecule has 1 aromatic rings. The average molecular weight is 165 g/mol. The summed E-state index contributed by atoms with van der Waals surface area (Å²) in [6, 6.07) is 4.86. The molecule has 3 N–H and O–H groups in total. The average Bonchev–Trinajstić information content (AvgIpc) is 2.08. The number of phenols is 1. The fourth-order valence-electron chi connectivity index (χ4n) is 0.835. The summed E-state index contributed by atoms with van der Waals surface area (Å²) in [5.74, 6) is 0.552. The van der Waals surface area contributed by atoms with Gasteiger partial charge in [-0.2, -0.15) is 0 Å². The minimum absolute atomic E-state index is 0.0469. The molecule has 0 saturated carbocycles. The van der Waals surface area contributed by atoms with Crippen molar-refractivity contribution in [1.29, 1.82) is 0 Å². The summed E-state index contributed by atoms with van der Waals surface area (Å²) < 4.78 is 4.88. The molecular formula is C9H11NO2. The summed E-state index contributed by atoms with van der Waals surface area (Å²) in [6.45, 7) is 3.64. The maximum absolute atomic E-state index is 9.22. The van der Waals surface area contributed by atoms with E-state index in [1.165, 1.54) is 13.2 Å². The van der Waals surface area contributed by atoms with Crippen LogP contribution in [0.25, 0.3) is 5.76 Å². The van der Waals surface area contributed by atoms with Gasteiger partial charge in [-0.15, -0.1) is 0 Å². The molecule has 0 atom stereocenters. The molecule has 0 aliphatic carbocycles. The predicted octanol–water partition coefficient (Wildman–Crippen LogP) is 1.59. The Bertz CT molecular complexity index is 307. The maximum atomic E-state index is 9.22. The third-order valence-electron chi connectivity index (χ3n) is 1.60. The molecule has 0 spiro atoms. The molecule has 0 bridgehead atoms. The van der Waals surface area contributed by atoms with Crippen LogP contribution in [0.1, 0.15) is 5.56 Å². The minimum Gasteiger partial charge on any atom is -0.506 e. The van der Waals surface area contributed by atoms with Crippen molar-refractivity contribution >= 4 is 11.4 Å². The summed E-state index contributed by atoms with van der Waals surface area (Å²) in [5, 5.41) is 9.22. The van der Waals surface area contributed by atoms with Crippen LogP contribution < -0.4 is 5.73 Å². The monoisotopic (exact) mass is 165 g/mol. The molecule has 1 aromatic carbocycles. The van der Waals surface area contributed by atoms with Crippen molar-refractivity contribution in [3.05, 3.63) is 30.3 Å². The lowest BCUT2D eigenvalue weighted by Gasteiger charge is -2.05. The van der Waals surface area contributed by atoms with E-state index >= 15 is 0 Å². The number of hydrogen-bond donors (Lipinski definition) is 2. The van der Waals surface area contributed by atoms with Gasteiger partial charge in [-0.1, -0.05) is 6.58 Å². The number of benzene rings is 1.